The fourth-order valence-corrected chi connectivity index (χ4v) is 4.34. The number of pyridine rings is 1. The van der Waals surface area contributed by atoms with Crippen LogP contribution in [0.2, 0.25) is 0 Å². The minimum atomic E-state index is -1.20. The van der Waals surface area contributed by atoms with Crippen LogP contribution in [0.3, 0.4) is 0 Å². The second-order valence-electron chi connectivity index (χ2n) is 7.56. The molecule has 130 valence electrons. The van der Waals surface area contributed by atoms with E-state index in [1.807, 2.05) is 19.1 Å². The zero-order valence-corrected chi connectivity index (χ0v) is 13.9. The van der Waals surface area contributed by atoms with Crippen LogP contribution in [0, 0.1) is 5.92 Å². The van der Waals surface area contributed by atoms with Gasteiger partial charge in [0.25, 0.3) is 5.56 Å². The van der Waals surface area contributed by atoms with E-state index in [-0.39, 0.29) is 17.1 Å². The maximum Gasteiger partial charge on any atom is 0.341 e. The fraction of sp³-hybridized carbons (Fsp3) is 0.444. The Bertz CT molecular complexity index is 998. The van der Waals surface area contributed by atoms with Gasteiger partial charge >= 0.3 is 5.97 Å². The van der Waals surface area contributed by atoms with E-state index in [1.54, 1.807) is 4.57 Å². The van der Waals surface area contributed by atoms with E-state index in [2.05, 4.69) is 4.90 Å². The molecular formula is C18H19N3O4. The maximum atomic E-state index is 12.7. The molecule has 1 saturated carbocycles. The summed E-state index contributed by atoms with van der Waals surface area (Å²) in [6.07, 6.45) is 1.07. The van der Waals surface area contributed by atoms with Crippen LogP contribution in [0.15, 0.2) is 23.0 Å². The number of piperidine rings is 1. The van der Waals surface area contributed by atoms with E-state index in [0.717, 1.165) is 25.2 Å². The maximum absolute atomic E-state index is 12.7. The van der Waals surface area contributed by atoms with Gasteiger partial charge in [-0.1, -0.05) is 6.07 Å². The predicted molar refractivity (Wildman–Crippen MR) is 92.6 cm³/mol. The quantitative estimate of drug-likeness (QED) is 0.851. The molecule has 25 heavy (non-hydrogen) atoms. The Balaban J connectivity index is 1.75. The molecule has 7 heteroatoms. The summed E-state index contributed by atoms with van der Waals surface area (Å²) < 4.78 is 7.57. The Kier molecular flexibility index (Phi) is 2.69. The van der Waals surface area contributed by atoms with Gasteiger partial charge in [0.05, 0.1) is 17.2 Å². The van der Waals surface area contributed by atoms with Crippen molar-refractivity contribution in [1.29, 1.82) is 0 Å². The number of carboxylic acid groups (broad SMARTS) is 1. The van der Waals surface area contributed by atoms with Crippen molar-refractivity contribution in [3.05, 3.63) is 34.1 Å². The van der Waals surface area contributed by atoms with Gasteiger partial charge in [0, 0.05) is 24.0 Å². The molecule has 2 fully saturated rings. The predicted octanol–water partition coefficient (Wildman–Crippen LogP) is 1.19. The Morgan fingerprint density at radius 3 is 2.92 bits per heavy atom. The van der Waals surface area contributed by atoms with Gasteiger partial charge in [-0.25, -0.2) is 4.79 Å². The standard InChI is InChI=1S/C18H19N3O4/c1-9-7-25-15-13(20-6-11-5-18(11,19)8-20)3-2-10-4-12(17(23)24)16(22)21(9)14(10)15/h2-4,9,11H,5-8,19H2,1H3,(H,23,24)/t9-,11?,18?/m0/s1. The number of anilines is 1. The molecule has 2 aromatic rings. The van der Waals surface area contributed by atoms with Crippen molar-refractivity contribution >= 4 is 22.6 Å². The summed E-state index contributed by atoms with van der Waals surface area (Å²) in [5.41, 5.74) is 7.17. The molecule has 0 bridgehead atoms. The van der Waals surface area contributed by atoms with E-state index in [0.29, 0.717) is 29.2 Å². The molecule has 0 amide bonds. The van der Waals surface area contributed by atoms with Crippen molar-refractivity contribution in [2.24, 2.45) is 11.7 Å². The highest BCUT2D eigenvalue weighted by Gasteiger charge is 2.57. The molecule has 1 aromatic carbocycles. The van der Waals surface area contributed by atoms with Gasteiger partial charge < -0.3 is 20.5 Å². The largest absolute Gasteiger partial charge is 0.487 e. The number of aromatic carboxylic acids is 1. The monoisotopic (exact) mass is 341 g/mol. The molecule has 3 atom stereocenters. The summed E-state index contributed by atoms with van der Waals surface area (Å²) in [4.78, 5) is 26.3. The number of aromatic nitrogens is 1. The summed E-state index contributed by atoms with van der Waals surface area (Å²) in [5, 5.41) is 10.0. The number of hydrogen-bond donors (Lipinski definition) is 2. The number of nitrogens with two attached hydrogens (primary N) is 1. The van der Waals surface area contributed by atoms with Gasteiger partial charge in [-0.05, 0) is 31.4 Å². The second-order valence-corrected chi connectivity index (χ2v) is 7.56. The zero-order chi connectivity index (χ0) is 17.5. The first-order valence-corrected chi connectivity index (χ1v) is 8.51. The van der Waals surface area contributed by atoms with Crippen LogP contribution < -0.4 is 20.9 Å². The first kappa shape index (κ1) is 14.8. The molecule has 3 aliphatic rings. The Hall–Kier alpha value is -2.54. The molecule has 1 aliphatic carbocycles. The lowest BCUT2D eigenvalue weighted by molar-refractivity contribution is 0.0694. The average molecular weight is 341 g/mol. The summed E-state index contributed by atoms with van der Waals surface area (Å²) in [6.45, 7) is 3.88. The Labute approximate surface area is 143 Å². The van der Waals surface area contributed by atoms with Crippen LogP contribution >= 0.6 is 0 Å². The molecule has 3 heterocycles. The minimum Gasteiger partial charge on any atom is -0.487 e. The highest BCUT2D eigenvalue weighted by molar-refractivity contribution is 5.97. The van der Waals surface area contributed by atoms with Crippen molar-refractivity contribution in [2.45, 2.75) is 24.9 Å². The first-order valence-electron chi connectivity index (χ1n) is 8.51. The van der Waals surface area contributed by atoms with Crippen LogP contribution in [0.1, 0.15) is 29.7 Å². The highest BCUT2D eigenvalue weighted by atomic mass is 16.5. The Morgan fingerprint density at radius 1 is 1.44 bits per heavy atom. The van der Waals surface area contributed by atoms with Crippen LogP contribution in [0.5, 0.6) is 5.75 Å². The van der Waals surface area contributed by atoms with Gasteiger partial charge in [0.1, 0.15) is 12.2 Å². The fourth-order valence-electron chi connectivity index (χ4n) is 4.34. The van der Waals surface area contributed by atoms with Gasteiger partial charge in [-0.15, -0.1) is 0 Å². The van der Waals surface area contributed by atoms with E-state index in [1.165, 1.54) is 6.07 Å². The first-order chi connectivity index (χ1) is 11.9. The number of rotatable bonds is 2. The Morgan fingerprint density at radius 2 is 2.24 bits per heavy atom. The van der Waals surface area contributed by atoms with E-state index in [4.69, 9.17) is 10.5 Å². The van der Waals surface area contributed by atoms with Gasteiger partial charge in [0.2, 0.25) is 0 Å². The van der Waals surface area contributed by atoms with Crippen molar-refractivity contribution in [2.75, 3.05) is 24.6 Å². The SMILES string of the molecule is C[C@H]1COc2c(N3CC4CC4(N)C3)ccc3cc(C(=O)O)c(=O)n1c23. The molecule has 3 N–H and O–H groups in total. The summed E-state index contributed by atoms with van der Waals surface area (Å²) in [6, 6.07) is 5.04. The van der Waals surface area contributed by atoms with Crippen LogP contribution in [-0.2, 0) is 0 Å². The molecule has 2 aliphatic heterocycles. The van der Waals surface area contributed by atoms with Gasteiger partial charge in [0.15, 0.2) is 5.75 Å². The third kappa shape index (κ3) is 1.90. The molecule has 7 nitrogen and oxygen atoms in total. The number of ether oxygens (including phenoxy) is 1. The third-order valence-corrected chi connectivity index (χ3v) is 5.82. The number of carbonyl (C=O) groups is 1. The topological polar surface area (TPSA) is 97.8 Å². The summed E-state index contributed by atoms with van der Waals surface area (Å²) in [7, 11) is 0. The molecule has 1 aromatic heterocycles. The van der Waals surface area contributed by atoms with E-state index in [9.17, 15) is 14.7 Å². The van der Waals surface area contributed by atoms with E-state index < -0.39 is 11.5 Å². The summed E-state index contributed by atoms with van der Waals surface area (Å²) >= 11 is 0. The van der Waals surface area contributed by atoms with Crippen molar-refractivity contribution in [1.82, 2.24) is 4.57 Å². The number of hydrogen-bond acceptors (Lipinski definition) is 5. The number of carboxylic acids is 1. The van der Waals surface area contributed by atoms with Crippen molar-refractivity contribution in [3.8, 4) is 5.75 Å². The lowest BCUT2D eigenvalue weighted by Gasteiger charge is -2.31. The third-order valence-electron chi connectivity index (χ3n) is 5.82. The van der Waals surface area contributed by atoms with Gasteiger partial charge in [-0.2, -0.15) is 0 Å². The van der Waals surface area contributed by atoms with Crippen LogP contribution in [0.4, 0.5) is 5.69 Å². The second kappa shape index (κ2) is 4.54. The number of benzene rings is 1. The molecular weight excluding hydrogens is 322 g/mol. The lowest BCUT2D eigenvalue weighted by Crippen LogP contribution is -2.36. The van der Waals surface area contributed by atoms with E-state index >= 15 is 0 Å². The smallest absolute Gasteiger partial charge is 0.341 e. The number of nitrogens with zero attached hydrogens (tertiary/aromatic N) is 2. The van der Waals surface area contributed by atoms with Crippen molar-refractivity contribution in [3.63, 3.8) is 0 Å². The van der Waals surface area contributed by atoms with Gasteiger partial charge in [-0.3, -0.25) is 9.36 Å². The highest BCUT2D eigenvalue weighted by Crippen LogP contribution is 2.51. The van der Waals surface area contributed by atoms with Crippen LogP contribution in [0.25, 0.3) is 10.9 Å². The average Bonchev–Trinajstić information content (AvgIpc) is 3.08. The lowest BCUT2D eigenvalue weighted by atomic mass is 10.1. The molecule has 0 radical (unpaired) electrons. The molecule has 5 rings (SSSR count). The number of fused-ring (bicyclic) bond motifs is 1. The molecule has 2 unspecified atom stereocenters. The van der Waals surface area contributed by atoms with Crippen LogP contribution in [-0.4, -0.2) is 40.9 Å². The minimum absolute atomic E-state index is 0.0868. The summed E-state index contributed by atoms with van der Waals surface area (Å²) in [5.74, 6) is -0.0197. The molecule has 0 spiro atoms. The normalized spacial score (nSPS) is 29.4. The molecule has 1 saturated heterocycles. The zero-order valence-electron chi connectivity index (χ0n) is 13.9. The van der Waals surface area contributed by atoms with Crippen molar-refractivity contribution < 1.29 is 14.6 Å².